The molecule has 2 nitrogen and oxygen atoms in total. The number of alkyl halides is 2. The smallest absolute Gasteiger partial charge is 0.224 e. The highest BCUT2D eigenvalue weighted by atomic mass is 79.9. The quantitative estimate of drug-likeness (QED) is 0.756. The lowest BCUT2D eigenvalue weighted by atomic mass is 10.0. The third-order valence-electron chi connectivity index (χ3n) is 3.26. The van der Waals surface area contributed by atoms with E-state index < -0.39 is 0 Å². The second kappa shape index (κ2) is 6.72. The van der Waals surface area contributed by atoms with Crippen molar-refractivity contribution in [2.75, 3.05) is 10.7 Å². The second-order valence-corrected chi connectivity index (χ2v) is 6.31. The molecule has 1 N–H and O–H groups in total. The molecule has 0 spiro atoms. The Bertz CT molecular complexity index is 603. The van der Waals surface area contributed by atoms with Gasteiger partial charge in [-0.25, -0.2) is 0 Å². The van der Waals surface area contributed by atoms with Crippen LogP contribution in [0.2, 0.25) is 0 Å². The minimum atomic E-state index is -0.262. The molecule has 20 heavy (non-hydrogen) atoms. The summed E-state index contributed by atoms with van der Waals surface area (Å²) >= 11 is 6.88. The Morgan fingerprint density at radius 1 is 1.10 bits per heavy atom. The first-order valence-corrected chi connectivity index (χ1v) is 8.72. The molecule has 1 amide bonds. The lowest BCUT2D eigenvalue weighted by Crippen LogP contribution is -2.49. The average Bonchev–Trinajstić information content (AvgIpc) is 2.47. The molecule has 4 heteroatoms. The van der Waals surface area contributed by atoms with E-state index in [1.807, 2.05) is 31.2 Å². The van der Waals surface area contributed by atoms with Gasteiger partial charge in [0.15, 0.2) is 0 Å². The number of carbonyl (C=O) groups is 1. The van der Waals surface area contributed by atoms with Crippen LogP contribution >= 0.6 is 31.9 Å². The highest BCUT2D eigenvalue weighted by molar-refractivity contribution is 9.09. The number of amides is 1. The van der Waals surface area contributed by atoms with Crippen LogP contribution < -0.4 is 5.32 Å². The third-order valence-corrected chi connectivity index (χ3v) is 5.74. The summed E-state index contributed by atoms with van der Waals surface area (Å²) in [6, 6.07) is 14.2. The number of hydrogen-bond acceptors (Lipinski definition) is 1. The maximum atomic E-state index is 12.2. The maximum absolute atomic E-state index is 12.2. The Balaban J connectivity index is 2.18. The van der Waals surface area contributed by atoms with E-state index in [1.54, 1.807) is 0 Å². The molecule has 2 rings (SSSR count). The first-order valence-electron chi connectivity index (χ1n) is 6.47. The Labute approximate surface area is 136 Å². The van der Waals surface area contributed by atoms with Gasteiger partial charge in [-0.15, -0.1) is 0 Å². The van der Waals surface area contributed by atoms with Crippen molar-refractivity contribution in [3.8, 4) is 0 Å². The maximum Gasteiger partial charge on any atom is 0.224 e. The van der Waals surface area contributed by atoms with Crippen molar-refractivity contribution in [2.45, 2.75) is 18.9 Å². The van der Waals surface area contributed by atoms with E-state index in [0.29, 0.717) is 17.1 Å². The fourth-order valence-corrected chi connectivity index (χ4v) is 3.31. The number of hydrogen-bond donors (Lipinski definition) is 1. The molecule has 0 unspecified atom stereocenters. The Kier molecular flexibility index (Phi) is 5.22. The Hall–Kier alpha value is -0.870. The monoisotopic (exact) mass is 397 g/mol. The van der Waals surface area contributed by atoms with Gasteiger partial charge >= 0.3 is 0 Å². The molecule has 106 valence electrons. The molecule has 0 radical (unpaired) electrons. The molecule has 2 aromatic rings. The van der Waals surface area contributed by atoms with E-state index in [2.05, 4.69) is 55.4 Å². The average molecular weight is 399 g/mol. The number of fused-ring (bicyclic) bond motifs is 1. The third kappa shape index (κ3) is 3.61. The van der Waals surface area contributed by atoms with Crippen LogP contribution in [-0.4, -0.2) is 22.1 Å². The highest BCUT2D eigenvalue weighted by Crippen LogP contribution is 2.19. The summed E-state index contributed by atoms with van der Waals surface area (Å²) in [5.74, 6) is 0.0442. The predicted molar refractivity (Wildman–Crippen MR) is 91.8 cm³/mol. The van der Waals surface area contributed by atoms with Gasteiger partial charge in [0.1, 0.15) is 0 Å². The van der Waals surface area contributed by atoms with Crippen LogP contribution in [0.25, 0.3) is 10.8 Å². The zero-order valence-electron chi connectivity index (χ0n) is 11.3. The summed E-state index contributed by atoms with van der Waals surface area (Å²) in [6.07, 6.45) is 0.400. The van der Waals surface area contributed by atoms with Gasteiger partial charge in [-0.05, 0) is 23.3 Å². The van der Waals surface area contributed by atoms with Gasteiger partial charge < -0.3 is 5.32 Å². The molecule has 0 saturated heterocycles. The summed E-state index contributed by atoms with van der Waals surface area (Å²) in [5, 5.41) is 6.81. The molecule has 2 aromatic carbocycles. The summed E-state index contributed by atoms with van der Waals surface area (Å²) in [6.45, 7) is 2.01. The van der Waals surface area contributed by atoms with Crippen molar-refractivity contribution in [3.63, 3.8) is 0 Å². The lowest BCUT2D eigenvalue weighted by Gasteiger charge is -2.26. The van der Waals surface area contributed by atoms with Gasteiger partial charge in [0.2, 0.25) is 5.91 Å². The lowest BCUT2D eigenvalue weighted by molar-refractivity contribution is -0.121. The zero-order chi connectivity index (χ0) is 14.6. The van der Waals surface area contributed by atoms with E-state index >= 15 is 0 Å². The van der Waals surface area contributed by atoms with E-state index in [-0.39, 0.29) is 11.4 Å². The van der Waals surface area contributed by atoms with Crippen molar-refractivity contribution >= 4 is 48.5 Å². The predicted octanol–water partition coefficient (Wildman–Crippen LogP) is 4.05. The molecule has 0 fully saturated rings. The number of nitrogens with one attached hydrogen (secondary N) is 1. The first-order chi connectivity index (χ1) is 9.58. The van der Waals surface area contributed by atoms with Gasteiger partial charge in [0.05, 0.1) is 12.0 Å². The van der Waals surface area contributed by atoms with Crippen LogP contribution in [0.15, 0.2) is 42.5 Å². The van der Waals surface area contributed by atoms with Crippen LogP contribution in [0.4, 0.5) is 0 Å². The highest BCUT2D eigenvalue weighted by Gasteiger charge is 2.23. The molecule has 0 aromatic heterocycles. The van der Waals surface area contributed by atoms with Gasteiger partial charge in [-0.3, -0.25) is 4.79 Å². The Morgan fingerprint density at radius 3 is 2.45 bits per heavy atom. The Morgan fingerprint density at radius 2 is 1.75 bits per heavy atom. The van der Waals surface area contributed by atoms with E-state index in [1.165, 1.54) is 5.39 Å². The molecule has 0 bridgehead atoms. The molecule has 0 aliphatic heterocycles. The number of rotatable bonds is 5. The molecule has 0 aliphatic carbocycles. The van der Waals surface area contributed by atoms with Gasteiger partial charge in [0.25, 0.3) is 0 Å². The number of halogens is 2. The minimum absolute atomic E-state index is 0.0442. The van der Waals surface area contributed by atoms with Gasteiger partial charge in [-0.1, -0.05) is 74.3 Å². The molecule has 0 aliphatic rings. The summed E-state index contributed by atoms with van der Waals surface area (Å²) in [7, 11) is 0. The van der Waals surface area contributed by atoms with Crippen molar-refractivity contribution in [3.05, 3.63) is 48.0 Å². The largest absolute Gasteiger partial charge is 0.349 e. The normalized spacial score (nSPS) is 11.6. The SMILES string of the molecule is CC(CBr)(CBr)NC(=O)Cc1cccc2ccccc12. The van der Waals surface area contributed by atoms with E-state index in [0.717, 1.165) is 10.9 Å². The molecule has 0 heterocycles. The first kappa shape index (κ1) is 15.5. The topological polar surface area (TPSA) is 29.1 Å². The molecular formula is C16H17Br2NO. The summed E-state index contributed by atoms with van der Waals surface area (Å²) in [4.78, 5) is 12.2. The second-order valence-electron chi connectivity index (χ2n) is 5.19. The van der Waals surface area contributed by atoms with Crippen LogP contribution in [-0.2, 0) is 11.2 Å². The number of benzene rings is 2. The molecule has 0 atom stereocenters. The van der Waals surface area contributed by atoms with Crippen LogP contribution in [0.5, 0.6) is 0 Å². The van der Waals surface area contributed by atoms with Crippen molar-refractivity contribution in [1.82, 2.24) is 5.32 Å². The van der Waals surface area contributed by atoms with Crippen molar-refractivity contribution < 1.29 is 4.79 Å². The van der Waals surface area contributed by atoms with Gasteiger partial charge in [0, 0.05) is 10.7 Å². The van der Waals surface area contributed by atoms with Gasteiger partial charge in [-0.2, -0.15) is 0 Å². The van der Waals surface area contributed by atoms with Crippen molar-refractivity contribution in [2.24, 2.45) is 0 Å². The van der Waals surface area contributed by atoms with Crippen molar-refractivity contribution in [1.29, 1.82) is 0 Å². The fraction of sp³-hybridized carbons (Fsp3) is 0.312. The zero-order valence-corrected chi connectivity index (χ0v) is 14.5. The molecule has 0 saturated carbocycles. The summed E-state index contributed by atoms with van der Waals surface area (Å²) in [5.41, 5.74) is 0.800. The van der Waals surface area contributed by atoms with Crippen LogP contribution in [0.3, 0.4) is 0 Å². The standard InChI is InChI=1S/C16H17Br2NO/c1-16(10-17,11-18)19-15(20)9-13-7-4-6-12-5-2-3-8-14(12)13/h2-8H,9-11H2,1H3,(H,19,20). The fourth-order valence-electron chi connectivity index (χ4n) is 2.10. The molecular weight excluding hydrogens is 382 g/mol. The van der Waals surface area contributed by atoms with Crippen LogP contribution in [0.1, 0.15) is 12.5 Å². The van der Waals surface area contributed by atoms with E-state index in [4.69, 9.17) is 0 Å². The van der Waals surface area contributed by atoms with E-state index in [9.17, 15) is 4.79 Å². The van der Waals surface area contributed by atoms with Crippen LogP contribution in [0, 0.1) is 0 Å². The summed E-state index contributed by atoms with van der Waals surface area (Å²) < 4.78 is 0. The minimum Gasteiger partial charge on any atom is -0.349 e. The number of carbonyl (C=O) groups excluding carboxylic acids is 1.